The summed E-state index contributed by atoms with van der Waals surface area (Å²) in [5.74, 6) is -2.94. The van der Waals surface area contributed by atoms with Gasteiger partial charge in [0.25, 0.3) is 0 Å². The molecule has 3 aromatic rings. The van der Waals surface area contributed by atoms with E-state index in [2.05, 4.69) is 24.2 Å². The molecule has 0 amide bonds. The fraction of sp³-hybridized carbons (Fsp3) is 0.167. The van der Waals surface area contributed by atoms with Crippen LogP contribution in [-0.4, -0.2) is 57.4 Å². The quantitative estimate of drug-likeness (QED) is 0.567. The van der Waals surface area contributed by atoms with Crippen LogP contribution in [0.4, 0.5) is 0 Å². The molecule has 0 spiro atoms. The number of hydrogen-bond acceptors (Lipinski definition) is 11. The third kappa shape index (κ3) is 6.58. The number of carboxylic acid groups (broad SMARTS) is 3. The Balaban J connectivity index is 0.000000195. The van der Waals surface area contributed by atoms with Crippen molar-refractivity contribution in [3.05, 3.63) is 37.7 Å². The second kappa shape index (κ2) is 10.2. The van der Waals surface area contributed by atoms with Gasteiger partial charge in [0, 0.05) is 5.38 Å². The van der Waals surface area contributed by atoms with Crippen molar-refractivity contribution in [1.82, 2.24) is 24.2 Å². The van der Waals surface area contributed by atoms with E-state index in [1.807, 2.05) is 0 Å². The summed E-state index contributed by atoms with van der Waals surface area (Å²) >= 11 is 3.26. The van der Waals surface area contributed by atoms with Gasteiger partial charge >= 0.3 is 17.9 Å². The number of aromatic nitrogens is 5. The molecule has 138 valence electrons. The van der Waals surface area contributed by atoms with Gasteiger partial charge in [-0.3, -0.25) is 0 Å². The lowest BCUT2D eigenvalue weighted by Crippen LogP contribution is -1.97. The van der Waals surface area contributed by atoms with Crippen LogP contribution in [0.3, 0.4) is 0 Å². The third-order valence-electron chi connectivity index (χ3n) is 2.35. The van der Waals surface area contributed by atoms with Crippen molar-refractivity contribution in [2.75, 3.05) is 0 Å². The second-order valence-electron chi connectivity index (χ2n) is 4.15. The molecule has 0 aliphatic heterocycles. The van der Waals surface area contributed by atoms with Gasteiger partial charge < -0.3 is 15.3 Å². The Morgan fingerprint density at radius 1 is 0.923 bits per heavy atom. The average molecular weight is 417 g/mol. The molecular formula is C12H11N5O6S3. The summed E-state index contributed by atoms with van der Waals surface area (Å²) in [6.45, 7) is 3.29. The monoisotopic (exact) mass is 417 g/mol. The Morgan fingerprint density at radius 3 is 1.81 bits per heavy atom. The zero-order valence-electron chi connectivity index (χ0n) is 13.2. The number of carboxylic acids is 3. The van der Waals surface area contributed by atoms with Crippen LogP contribution in [0.15, 0.2) is 10.9 Å². The van der Waals surface area contributed by atoms with Crippen LogP contribution in [0, 0.1) is 13.8 Å². The van der Waals surface area contributed by atoms with Gasteiger partial charge in [-0.1, -0.05) is 8.98 Å². The number of carbonyl (C=O) groups is 3. The van der Waals surface area contributed by atoms with E-state index in [1.165, 1.54) is 22.2 Å². The van der Waals surface area contributed by atoms with E-state index >= 15 is 0 Å². The summed E-state index contributed by atoms with van der Waals surface area (Å²) in [5.41, 5.74) is 2.14. The van der Waals surface area contributed by atoms with E-state index in [0.29, 0.717) is 10.6 Å². The van der Waals surface area contributed by atoms with Crippen molar-refractivity contribution in [1.29, 1.82) is 0 Å². The van der Waals surface area contributed by atoms with Gasteiger partial charge in [0.1, 0.15) is 0 Å². The molecule has 0 atom stereocenters. The summed E-state index contributed by atoms with van der Waals surface area (Å²) < 4.78 is 6.91. The molecule has 3 heterocycles. The highest BCUT2D eigenvalue weighted by Gasteiger charge is 2.10. The normalized spacial score (nSPS) is 9.31. The maximum Gasteiger partial charge on any atom is 0.357 e. The zero-order chi connectivity index (χ0) is 19.7. The van der Waals surface area contributed by atoms with Crippen molar-refractivity contribution < 1.29 is 29.7 Å². The molecule has 0 saturated heterocycles. The van der Waals surface area contributed by atoms with Crippen molar-refractivity contribution in [3.8, 4) is 0 Å². The first-order chi connectivity index (χ1) is 12.2. The molecule has 0 bridgehead atoms. The highest BCUT2D eigenvalue weighted by Crippen LogP contribution is 2.07. The predicted molar refractivity (Wildman–Crippen MR) is 92.3 cm³/mol. The van der Waals surface area contributed by atoms with E-state index < -0.39 is 17.9 Å². The number of aromatic carboxylic acids is 3. The van der Waals surface area contributed by atoms with Crippen LogP contribution >= 0.6 is 34.4 Å². The van der Waals surface area contributed by atoms with Gasteiger partial charge in [-0.05, 0) is 36.9 Å². The third-order valence-corrected chi connectivity index (χ3v) is 4.38. The van der Waals surface area contributed by atoms with Gasteiger partial charge in [0.2, 0.25) is 0 Å². The smallest absolute Gasteiger partial charge is 0.357 e. The van der Waals surface area contributed by atoms with Gasteiger partial charge in [0.05, 0.1) is 16.1 Å². The minimum Gasteiger partial charge on any atom is -0.477 e. The van der Waals surface area contributed by atoms with Crippen molar-refractivity contribution in [2.45, 2.75) is 13.8 Å². The second-order valence-corrected chi connectivity index (χ2v) is 6.59. The first-order valence-corrected chi connectivity index (χ1v) is 8.89. The SMILES string of the molecule is Cc1nnsc1C(=O)O.Cc1snnc1C(=O)O.O=C(O)c1cscn1. The predicted octanol–water partition coefficient (Wildman–Crippen LogP) is 1.93. The van der Waals surface area contributed by atoms with E-state index in [9.17, 15) is 14.4 Å². The topological polar surface area (TPSA) is 176 Å². The standard InChI is InChI=1S/2C4H4N2O2S.C4H3NO2S/c1-2-3(4(7)8)5-6-9-2;1-2-3(4(7)8)9-6-5-2;6-4(7)3-1-8-2-5-3/h2*1H3,(H,7,8);1-2H,(H,6,7). The summed E-state index contributed by atoms with van der Waals surface area (Å²) in [6, 6.07) is 0. The highest BCUT2D eigenvalue weighted by molar-refractivity contribution is 7.08. The van der Waals surface area contributed by atoms with Gasteiger partial charge in [-0.15, -0.1) is 21.5 Å². The maximum atomic E-state index is 10.2. The number of rotatable bonds is 3. The van der Waals surface area contributed by atoms with E-state index in [-0.39, 0.29) is 16.3 Å². The van der Waals surface area contributed by atoms with Crippen LogP contribution in [-0.2, 0) is 0 Å². The Morgan fingerprint density at radius 2 is 1.58 bits per heavy atom. The van der Waals surface area contributed by atoms with Crippen LogP contribution < -0.4 is 0 Å². The molecule has 3 aromatic heterocycles. The number of aryl methyl sites for hydroxylation is 2. The molecule has 0 saturated carbocycles. The van der Waals surface area contributed by atoms with E-state index in [1.54, 1.807) is 13.8 Å². The van der Waals surface area contributed by atoms with Crippen LogP contribution in [0.5, 0.6) is 0 Å². The Hall–Kier alpha value is -2.84. The molecule has 26 heavy (non-hydrogen) atoms. The van der Waals surface area contributed by atoms with Gasteiger partial charge in [-0.25, -0.2) is 19.4 Å². The Labute approximate surface area is 157 Å². The lowest BCUT2D eigenvalue weighted by Gasteiger charge is -1.82. The van der Waals surface area contributed by atoms with Crippen LogP contribution in [0.2, 0.25) is 0 Å². The molecule has 0 fully saturated rings. The fourth-order valence-electron chi connectivity index (χ4n) is 1.18. The van der Waals surface area contributed by atoms with Crippen molar-refractivity contribution in [3.63, 3.8) is 0 Å². The van der Waals surface area contributed by atoms with Crippen molar-refractivity contribution >= 4 is 52.3 Å². The van der Waals surface area contributed by atoms with Crippen LogP contribution in [0.25, 0.3) is 0 Å². The number of thiazole rings is 1. The van der Waals surface area contributed by atoms with Crippen molar-refractivity contribution in [2.24, 2.45) is 0 Å². The molecule has 11 nitrogen and oxygen atoms in total. The van der Waals surface area contributed by atoms with E-state index in [4.69, 9.17) is 15.3 Å². The molecule has 0 aliphatic rings. The van der Waals surface area contributed by atoms with Crippen LogP contribution in [0.1, 0.15) is 41.2 Å². The summed E-state index contributed by atoms with van der Waals surface area (Å²) in [7, 11) is 0. The Bertz CT molecular complexity index is 825. The summed E-state index contributed by atoms with van der Waals surface area (Å²) in [6.07, 6.45) is 0. The largest absolute Gasteiger partial charge is 0.477 e. The molecule has 0 unspecified atom stereocenters. The zero-order valence-corrected chi connectivity index (χ0v) is 15.6. The number of hydrogen-bond donors (Lipinski definition) is 3. The van der Waals surface area contributed by atoms with E-state index in [0.717, 1.165) is 23.1 Å². The fourth-order valence-corrected chi connectivity index (χ4v) is 2.66. The first kappa shape index (κ1) is 21.2. The minimum absolute atomic E-state index is 0.0556. The molecule has 14 heteroatoms. The summed E-state index contributed by atoms with van der Waals surface area (Å²) in [5, 5.41) is 33.4. The molecule has 0 radical (unpaired) electrons. The Kier molecular flexibility index (Phi) is 8.33. The highest BCUT2D eigenvalue weighted by atomic mass is 32.1. The molecule has 3 N–H and O–H groups in total. The first-order valence-electron chi connectivity index (χ1n) is 6.40. The summed E-state index contributed by atoms with van der Waals surface area (Å²) in [4.78, 5) is 34.8. The molecular weight excluding hydrogens is 406 g/mol. The van der Waals surface area contributed by atoms with Gasteiger partial charge in [0.15, 0.2) is 16.3 Å². The average Bonchev–Trinajstić information content (AvgIpc) is 3.28. The maximum absolute atomic E-state index is 10.2. The number of nitrogens with zero attached hydrogens (tertiary/aromatic N) is 5. The lowest BCUT2D eigenvalue weighted by molar-refractivity contribution is 0.0679. The molecule has 0 aromatic carbocycles. The molecule has 0 aliphatic carbocycles. The minimum atomic E-state index is -1.01. The van der Waals surface area contributed by atoms with Gasteiger partial charge in [-0.2, -0.15) is 0 Å². The lowest BCUT2D eigenvalue weighted by atomic mass is 10.4. The molecule has 3 rings (SSSR count).